The maximum Gasteiger partial charge on any atom is 0.303 e. The SMILES string of the molecule is CCC(OC(C)=O)c1cc(=O)c2c(=O)c3ccccc3c(=O)c=2c1=O. The third-order valence-corrected chi connectivity index (χ3v) is 4.17. The van der Waals surface area contributed by atoms with Gasteiger partial charge in [-0.2, -0.15) is 0 Å². The summed E-state index contributed by atoms with van der Waals surface area (Å²) in [6.07, 6.45) is -0.686. The summed E-state index contributed by atoms with van der Waals surface area (Å²) in [5.41, 5.74) is -2.84. The van der Waals surface area contributed by atoms with Gasteiger partial charge in [0, 0.05) is 23.3 Å². The van der Waals surface area contributed by atoms with Gasteiger partial charge >= 0.3 is 5.97 Å². The van der Waals surface area contributed by atoms with Crippen LogP contribution in [0.5, 0.6) is 0 Å². The van der Waals surface area contributed by atoms with Crippen molar-refractivity contribution < 1.29 is 9.53 Å². The van der Waals surface area contributed by atoms with Crippen LogP contribution in [-0.2, 0) is 9.53 Å². The summed E-state index contributed by atoms with van der Waals surface area (Å²) in [5, 5.41) is -0.641. The molecule has 0 saturated carbocycles. The van der Waals surface area contributed by atoms with E-state index in [1.165, 1.54) is 19.1 Å². The number of rotatable bonds is 3. The molecule has 0 aromatic heterocycles. The van der Waals surface area contributed by atoms with Gasteiger partial charge in [0.05, 0.1) is 10.4 Å². The number of fused-ring (bicyclic) bond motifs is 1. The number of hydrogen-bond acceptors (Lipinski definition) is 6. The molecule has 2 aliphatic rings. The molecule has 0 radical (unpaired) electrons. The van der Waals surface area contributed by atoms with E-state index in [0.29, 0.717) is 0 Å². The molecule has 6 heteroatoms. The second kappa shape index (κ2) is 6.05. The number of esters is 1. The van der Waals surface area contributed by atoms with Gasteiger partial charge in [-0.25, -0.2) is 0 Å². The predicted octanol–water partition coefficient (Wildman–Crippen LogP) is 0.895. The summed E-state index contributed by atoms with van der Waals surface area (Å²) in [6.45, 7) is 2.87. The van der Waals surface area contributed by atoms with Crippen molar-refractivity contribution in [3.8, 4) is 0 Å². The predicted molar refractivity (Wildman–Crippen MR) is 91.5 cm³/mol. The fourth-order valence-corrected chi connectivity index (χ4v) is 3.06. The van der Waals surface area contributed by atoms with Crippen molar-refractivity contribution >= 4 is 16.7 Å². The molecule has 1 aromatic carbocycles. The smallest absolute Gasteiger partial charge is 0.303 e. The highest BCUT2D eigenvalue weighted by molar-refractivity contribution is 5.82. The van der Waals surface area contributed by atoms with E-state index in [4.69, 9.17) is 4.74 Å². The Balaban J connectivity index is 2.57. The molecule has 0 spiro atoms. The number of carbonyl (C=O) groups is 1. The van der Waals surface area contributed by atoms with E-state index < -0.39 is 44.2 Å². The van der Waals surface area contributed by atoms with Crippen LogP contribution in [0.4, 0.5) is 0 Å². The maximum absolute atomic E-state index is 12.8. The van der Waals surface area contributed by atoms with Crippen molar-refractivity contribution in [2.24, 2.45) is 0 Å². The fraction of sp³-hybridized carbons (Fsp3) is 0.211. The van der Waals surface area contributed by atoms with E-state index >= 15 is 0 Å². The van der Waals surface area contributed by atoms with Crippen LogP contribution in [0.1, 0.15) is 31.9 Å². The van der Waals surface area contributed by atoms with Crippen LogP contribution in [0, 0.1) is 10.4 Å². The molecule has 3 rings (SSSR count). The van der Waals surface area contributed by atoms with Gasteiger partial charge in [-0.3, -0.25) is 24.0 Å². The van der Waals surface area contributed by atoms with E-state index in [2.05, 4.69) is 0 Å². The van der Waals surface area contributed by atoms with E-state index in [-0.39, 0.29) is 22.8 Å². The number of benzene rings is 1. The number of carbonyl (C=O) groups excluding carboxylic acids is 1. The first-order chi connectivity index (χ1) is 11.9. The van der Waals surface area contributed by atoms with Gasteiger partial charge in [0.25, 0.3) is 0 Å². The molecule has 126 valence electrons. The lowest BCUT2D eigenvalue weighted by Gasteiger charge is -2.14. The molecule has 0 amide bonds. The zero-order chi connectivity index (χ0) is 18.3. The van der Waals surface area contributed by atoms with Crippen LogP contribution in [0.3, 0.4) is 0 Å². The van der Waals surface area contributed by atoms with Crippen molar-refractivity contribution in [2.45, 2.75) is 26.4 Å². The molecule has 1 aromatic rings. The first-order valence-corrected chi connectivity index (χ1v) is 7.77. The van der Waals surface area contributed by atoms with Crippen LogP contribution in [0.2, 0.25) is 0 Å². The third-order valence-electron chi connectivity index (χ3n) is 4.17. The molecule has 0 saturated heterocycles. The molecule has 0 N–H and O–H groups in total. The maximum atomic E-state index is 12.8. The second-order valence-corrected chi connectivity index (χ2v) is 5.75. The topological polar surface area (TPSA) is 94.6 Å². The third kappa shape index (κ3) is 2.55. The minimum absolute atomic E-state index is 0.0815. The zero-order valence-electron chi connectivity index (χ0n) is 13.6. The molecule has 2 aliphatic carbocycles. The summed E-state index contributed by atoms with van der Waals surface area (Å²) >= 11 is 0. The molecule has 1 atom stereocenters. The van der Waals surface area contributed by atoms with Crippen molar-refractivity contribution in [1.29, 1.82) is 0 Å². The van der Waals surface area contributed by atoms with E-state index in [1.54, 1.807) is 19.1 Å². The van der Waals surface area contributed by atoms with Crippen molar-refractivity contribution in [3.63, 3.8) is 0 Å². The molecule has 0 aliphatic heterocycles. The monoisotopic (exact) mass is 338 g/mol. The van der Waals surface area contributed by atoms with Crippen LogP contribution >= 0.6 is 0 Å². The summed E-state index contributed by atoms with van der Waals surface area (Å²) in [7, 11) is 0. The Bertz CT molecular complexity index is 1260. The lowest BCUT2D eigenvalue weighted by atomic mass is 9.99. The number of ether oxygens (including phenoxy) is 1. The standard InChI is InChI=1S/C19H14O6/c1-3-14(25-9(2)20)12-8-13(21)15-16(19(12)24)18(23)11-7-5-4-6-10(11)17(15)22/h4-8,14H,3H2,1-2H3. The van der Waals surface area contributed by atoms with Crippen molar-refractivity contribution in [3.05, 3.63) is 87.2 Å². The highest BCUT2D eigenvalue weighted by Crippen LogP contribution is 2.17. The van der Waals surface area contributed by atoms with Crippen LogP contribution in [-0.4, -0.2) is 5.97 Å². The minimum Gasteiger partial charge on any atom is -0.458 e. The average Bonchev–Trinajstić information content (AvgIpc) is 2.59. The second-order valence-electron chi connectivity index (χ2n) is 5.75. The normalized spacial score (nSPS) is 12.4. The van der Waals surface area contributed by atoms with E-state index in [9.17, 15) is 24.0 Å². The fourth-order valence-electron chi connectivity index (χ4n) is 3.06. The van der Waals surface area contributed by atoms with Crippen LogP contribution in [0.15, 0.2) is 49.5 Å². The molecule has 0 heterocycles. The van der Waals surface area contributed by atoms with Gasteiger partial charge in [-0.1, -0.05) is 31.2 Å². The van der Waals surface area contributed by atoms with Gasteiger partial charge in [0.15, 0.2) is 21.7 Å². The Morgan fingerprint density at radius 2 is 1.52 bits per heavy atom. The summed E-state index contributed by atoms with van der Waals surface area (Å²) in [6, 6.07) is 7.05. The molecule has 0 bridgehead atoms. The molecule has 6 nitrogen and oxygen atoms in total. The van der Waals surface area contributed by atoms with Gasteiger partial charge in [-0.05, 0) is 12.5 Å². The largest absolute Gasteiger partial charge is 0.458 e. The minimum atomic E-state index is -0.942. The Hall–Kier alpha value is -3.15. The molecule has 0 fully saturated rings. The lowest BCUT2D eigenvalue weighted by molar-refractivity contribution is -0.146. The van der Waals surface area contributed by atoms with Crippen LogP contribution in [0.25, 0.3) is 10.8 Å². The van der Waals surface area contributed by atoms with Gasteiger partial charge < -0.3 is 4.74 Å². The highest BCUT2D eigenvalue weighted by atomic mass is 16.5. The molecule has 25 heavy (non-hydrogen) atoms. The highest BCUT2D eigenvalue weighted by Gasteiger charge is 2.21. The van der Waals surface area contributed by atoms with Crippen LogP contribution < -0.4 is 21.7 Å². The van der Waals surface area contributed by atoms with E-state index in [1.807, 2.05) is 0 Å². The Kier molecular flexibility index (Phi) is 4.04. The van der Waals surface area contributed by atoms with Gasteiger partial charge in [0.1, 0.15) is 6.10 Å². The van der Waals surface area contributed by atoms with E-state index in [0.717, 1.165) is 6.07 Å². The Labute approximate surface area is 140 Å². The summed E-state index contributed by atoms with van der Waals surface area (Å²) in [5.74, 6) is -0.607. The lowest BCUT2D eigenvalue weighted by Crippen LogP contribution is -2.32. The number of hydrogen-bond donors (Lipinski definition) is 0. The molecular weight excluding hydrogens is 324 g/mol. The average molecular weight is 338 g/mol. The first kappa shape index (κ1) is 16.7. The first-order valence-electron chi connectivity index (χ1n) is 7.77. The Morgan fingerprint density at radius 1 is 0.960 bits per heavy atom. The summed E-state index contributed by atoms with van der Waals surface area (Å²) in [4.78, 5) is 61.8. The molecule has 1 unspecified atom stereocenters. The van der Waals surface area contributed by atoms with Gasteiger partial charge in [0.2, 0.25) is 0 Å². The quantitative estimate of drug-likeness (QED) is 0.659. The summed E-state index contributed by atoms with van der Waals surface area (Å²) < 4.78 is 5.07. The van der Waals surface area contributed by atoms with Crippen molar-refractivity contribution in [2.75, 3.05) is 0 Å². The van der Waals surface area contributed by atoms with Gasteiger partial charge in [-0.15, -0.1) is 0 Å². The zero-order valence-corrected chi connectivity index (χ0v) is 13.6. The van der Waals surface area contributed by atoms with Crippen molar-refractivity contribution in [1.82, 2.24) is 0 Å². The molecular formula is C19H14O6. The Morgan fingerprint density at radius 3 is 2.04 bits per heavy atom.